The van der Waals surface area contributed by atoms with Crippen LogP contribution >= 0.6 is 0 Å². The number of carbonyl (C=O) groups is 2. The Bertz CT molecular complexity index is 589. The quantitative estimate of drug-likeness (QED) is 0.715. The highest BCUT2D eigenvalue weighted by Gasteiger charge is 2.41. The Kier molecular flexibility index (Phi) is 6.97. The molecule has 166 valence electrons. The Morgan fingerprint density at radius 2 is 1.55 bits per heavy atom. The Balaban J connectivity index is 1.64. The largest absolute Gasteiger partial charge is 0.340 e. The molecule has 0 N–H and O–H groups in total. The third kappa shape index (κ3) is 5.15. The summed E-state index contributed by atoms with van der Waals surface area (Å²) in [7, 11) is 0. The lowest BCUT2D eigenvalue weighted by Gasteiger charge is -2.41. The lowest BCUT2D eigenvalue weighted by Crippen LogP contribution is -2.51. The molecule has 2 atom stereocenters. The fraction of sp³-hybridized carbons (Fsp3) is 0.917. The van der Waals surface area contributed by atoms with E-state index in [9.17, 15) is 9.59 Å². The first-order valence-electron chi connectivity index (χ1n) is 11.9. The van der Waals surface area contributed by atoms with Crippen molar-refractivity contribution in [2.24, 2.45) is 17.8 Å². The molecule has 0 aromatic heterocycles. The van der Waals surface area contributed by atoms with E-state index in [0.29, 0.717) is 11.9 Å². The van der Waals surface area contributed by atoms with Crippen molar-refractivity contribution in [3.63, 3.8) is 0 Å². The molecule has 3 rings (SSSR count). The van der Waals surface area contributed by atoms with Gasteiger partial charge in [0.25, 0.3) is 0 Å². The van der Waals surface area contributed by atoms with E-state index in [1.54, 1.807) is 0 Å². The Hall–Kier alpha value is -1.10. The first-order chi connectivity index (χ1) is 13.6. The monoisotopic (exact) mass is 405 g/mol. The van der Waals surface area contributed by atoms with Crippen molar-refractivity contribution >= 4 is 11.8 Å². The SMILES string of the molecule is CC1CCC(N(C(=O)C(C)C)[C@H]2CCN(C(=O)[C@H]3CCN(C(C)(C)C)C3)C2)CC1. The molecule has 5 nitrogen and oxygen atoms in total. The first-order valence-corrected chi connectivity index (χ1v) is 11.9. The molecule has 2 heterocycles. The summed E-state index contributed by atoms with van der Waals surface area (Å²) in [5, 5.41) is 0. The minimum Gasteiger partial charge on any atom is -0.340 e. The van der Waals surface area contributed by atoms with Crippen LogP contribution in [0.15, 0.2) is 0 Å². The zero-order valence-corrected chi connectivity index (χ0v) is 19.6. The normalized spacial score (nSPS) is 31.5. The van der Waals surface area contributed by atoms with Crippen LogP contribution in [0.2, 0.25) is 0 Å². The second-order valence-electron chi connectivity index (χ2n) is 11.1. The molecule has 3 aliphatic rings. The summed E-state index contributed by atoms with van der Waals surface area (Å²) in [6.07, 6.45) is 6.57. The van der Waals surface area contributed by atoms with Crippen LogP contribution in [-0.2, 0) is 9.59 Å². The van der Waals surface area contributed by atoms with E-state index in [-0.39, 0.29) is 29.3 Å². The molecule has 0 spiro atoms. The van der Waals surface area contributed by atoms with E-state index >= 15 is 0 Å². The van der Waals surface area contributed by atoms with E-state index in [1.807, 2.05) is 13.8 Å². The number of nitrogens with zero attached hydrogens (tertiary/aromatic N) is 3. The Labute approximate surface area is 178 Å². The van der Waals surface area contributed by atoms with Gasteiger partial charge in [-0.05, 0) is 71.8 Å². The molecule has 0 bridgehead atoms. The summed E-state index contributed by atoms with van der Waals surface area (Å²) in [6, 6.07) is 0.566. The van der Waals surface area contributed by atoms with Gasteiger partial charge in [0, 0.05) is 37.1 Å². The lowest BCUT2D eigenvalue weighted by molar-refractivity contribution is -0.141. The van der Waals surface area contributed by atoms with Crippen molar-refractivity contribution in [2.75, 3.05) is 26.2 Å². The standard InChI is InChI=1S/C24H43N3O2/c1-17(2)22(28)27(20-9-7-18(3)8-10-20)21-12-13-25(16-21)23(29)19-11-14-26(15-19)24(4,5)6/h17-21H,7-16H2,1-6H3/t18?,19-,20?,21-/m0/s1. The zero-order chi connectivity index (χ0) is 21.3. The van der Waals surface area contributed by atoms with Crippen LogP contribution in [-0.4, -0.2) is 70.3 Å². The summed E-state index contributed by atoms with van der Waals surface area (Å²) in [4.78, 5) is 33.0. The number of hydrogen-bond acceptors (Lipinski definition) is 3. The summed E-state index contributed by atoms with van der Waals surface area (Å²) in [5.41, 5.74) is 0.126. The average molecular weight is 406 g/mol. The van der Waals surface area contributed by atoms with E-state index in [1.165, 1.54) is 12.8 Å². The van der Waals surface area contributed by atoms with Crippen molar-refractivity contribution in [2.45, 2.75) is 97.7 Å². The highest BCUT2D eigenvalue weighted by atomic mass is 16.2. The van der Waals surface area contributed by atoms with Gasteiger partial charge in [-0.15, -0.1) is 0 Å². The van der Waals surface area contributed by atoms with Crippen molar-refractivity contribution < 1.29 is 9.59 Å². The van der Waals surface area contributed by atoms with E-state index < -0.39 is 0 Å². The molecule has 1 saturated carbocycles. The van der Waals surface area contributed by atoms with Gasteiger partial charge in [0.05, 0.1) is 12.0 Å². The molecule has 0 aromatic rings. The second kappa shape index (κ2) is 8.95. The maximum Gasteiger partial charge on any atom is 0.227 e. The Morgan fingerprint density at radius 3 is 2.10 bits per heavy atom. The van der Waals surface area contributed by atoms with Crippen LogP contribution < -0.4 is 0 Å². The van der Waals surface area contributed by atoms with Crippen molar-refractivity contribution in [3.05, 3.63) is 0 Å². The van der Waals surface area contributed by atoms with E-state index in [0.717, 1.165) is 57.8 Å². The molecule has 0 aromatic carbocycles. The predicted octanol–water partition coefficient (Wildman–Crippen LogP) is 3.77. The number of amides is 2. The van der Waals surface area contributed by atoms with Gasteiger partial charge in [-0.25, -0.2) is 0 Å². The molecule has 2 aliphatic heterocycles. The molecule has 0 unspecified atom stereocenters. The average Bonchev–Trinajstić information content (AvgIpc) is 3.32. The highest BCUT2D eigenvalue weighted by Crippen LogP contribution is 2.32. The predicted molar refractivity (Wildman–Crippen MR) is 118 cm³/mol. The van der Waals surface area contributed by atoms with E-state index in [4.69, 9.17) is 0 Å². The van der Waals surface area contributed by atoms with Gasteiger partial charge in [-0.2, -0.15) is 0 Å². The molecule has 1 aliphatic carbocycles. The van der Waals surface area contributed by atoms with Crippen LogP contribution in [0.1, 0.15) is 80.1 Å². The molecule has 2 saturated heterocycles. The summed E-state index contributed by atoms with van der Waals surface area (Å²) in [5.74, 6) is 1.51. The van der Waals surface area contributed by atoms with Gasteiger partial charge in [-0.3, -0.25) is 14.5 Å². The molecular weight excluding hydrogens is 362 g/mol. The maximum atomic E-state index is 13.2. The molecule has 29 heavy (non-hydrogen) atoms. The van der Waals surface area contributed by atoms with Gasteiger partial charge < -0.3 is 9.80 Å². The van der Waals surface area contributed by atoms with E-state index in [2.05, 4.69) is 42.4 Å². The van der Waals surface area contributed by atoms with Crippen LogP contribution in [0.4, 0.5) is 0 Å². The fourth-order valence-corrected chi connectivity index (χ4v) is 5.48. The molecule has 2 amide bonds. The topological polar surface area (TPSA) is 43.9 Å². The third-order valence-corrected chi connectivity index (χ3v) is 7.48. The van der Waals surface area contributed by atoms with Crippen LogP contribution in [0.3, 0.4) is 0 Å². The molecule has 3 fully saturated rings. The van der Waals surface area contributed by atoms with Gasteiger partial charge in [0.2, 0.25) is 11.8 Å². The minimum absolute atomic E-state index is 0.0225. The zero-order valence-electron chi connectivity index (χ0n) is 19.6. The number of likely N-dealkylation sites (tertiary alicyclic amines) is 2. The van der Waals surface area contributed by atoms with Crippen LogP contribution in [0, 0.1) is 17.8 Å². The fourth-order valence-electron chi connectivity index (χ4n) is 5.48. The first kappa shape index (κ1) is 22.6. The molecular formula is C24H43N3O2. The van der Waals surface area contributed by atoms with Crippen molar-refractivity contribution in [1.82, 2.24) is 14.7 Å². The number of rotatable bonds is 4. The number of hydrogen-bond donors (Lipinski definition) is 0. The summed E-state index contributed by atoms with van der Waals surface area (Å²) >= 11 is 0. The van der Waals surface area contributed by atoms with Crippen LogP contribution in [0.5, 0.6) is 0 Å². The summed E-state index contributed by atoms with van der Waals surface area (Å²) in [6.45, 7) is 16.5. The van der Waals surface area contributed by atoms with Crippen molar-refractivity contribution in [1.29, 1.82) is 0 Å². The van der Waals surface area contributed by atoms with Gasteiger partial charge in [0.15, 0.2) is 0 Å². The Morgan fingerprint density at radius 1 is 0.897 bits per heavy atom. The summed E-state index contributed by atoms with van der Waals surface area (Å²) < 4.78 is 0. The smallest absolute Gasteiger partial charge is 0.227 e. The lowest BCUT2D eigenvalue weighted by atomic mass is 9.85. The maximum absolute atomic E-state index is 13.2. The number of carbonyl (C=O) groups excluding carboxylic acids is 2. The van der Waals surface area contributed by atoms with Gasteiger partial charge in [-0.1, -0.05) is 20.8 Å². The highest BCUT2D eigenvalue weighted by molar-refractivity contribution is 5.81. The second-order valence-corrected chi connectivity index (χ2v) is 11.1. The molecule has 5 heteroatoms. The third-order valence-electron chi connectivity index (χ3n) is 7.48. The molecule has 0 radical (unpaired) electrons. The van der Waals surface area contributed by atoms with Gasteiger partial charge >= 0.3 is 0 Å². The minimum atomic E-state index is 0.0225. The van der Waals surface area contributed by atoms with Crippen molar-refractivity contribution in [3.8, 4) is 0 Å². The van der Waals surface area contributed by atoms with Crippen LogP contribution in [0.25, 0.3) is 0 Å². The van der Waals surface area contributed by atoms with Gasteiger partial charge in [0.1, 0.15) is 0 Å².